The Hall–Kier alpha value is -0.260. The molecule has 0 radical (unpaired) electrons. The minimum atomic E-state index is 0.0619. The Morgan fingerprint density at radius 1 is 1.29 bits per heavy atom. The number of amides is 1. The van der Waals surface area contributed by atoms with Gasteiger partial charge < -0.3 is 15.5 Å². The van der Waals surface area contributed by atoms with Gasteiger partial charge >= 0.3 is 0 Å². The molecule has 1 atom stereocenters. The lowest BCUT2D eigenvalue weighted by Gasteiger charge is -2.32. The van der Waals surface area contributed by atoms with Gasteiger partial charge in [-0.2, -0.15) is 11.8 Å². The molecule has 2 N–H and O–H groups in total. The van der Waals surface area contributed by atoms with E-state index in [0.29, 0.717) is 5.91 Å². The van der Waals surface area contributed by atoms with Gasteiger partial charge in [0.25, 0.3) is 0 Å². The van der Waals surface area contributed by atoms with Crippen molar-refractivity contribution < 1.29 is 4.79 Å². The van der Waals surface area contributed by atoms with Crippen molar-refractivity contribution in [2.75, 3.05) is 44.2 Å². The topological polar surface area (TPSA) is 44.4 Å². The zero-order valence-electron chi connectivity index (χ0n) is 8.29. The summed E-state index contributed by atoms with van der Waals surface area (Å²) in [5, 5.41) is 6.54. The average molecular weight is 215 g/mol. The van der Waals surface area contributed by atoms with Gasteiger partial charge in [0, 0.05) is 44.2 Å². The van der Waals surface area contributed by atoms with Gasteiger partial charge in [0.15, 0.2) is 0 Å². The first-order chi connectivity index (χ1) is 6.88. The normalized spacial score (nSPS) is 28.9. The summed E-state index contributed by atoms with van der Waals surface area (Å²) in [7, 11) is 0. The van der Waals surface area contributed by atoms with E-state index in [1.807, 2.05) is 16.7 Å². The third-order valence-electron chi connectivity index (χ3n) is 2.65. The van der Waals surface area contributed by atoms with Gasteiger partial charge in [-0.1, -0.05) is 0 Å². The first-order valence-corrected chi connectivity index (χ1v) is 6.34. The van der Waals surface area contributed by atoms with E-state index in [1.165, 1.54) is 0 Å². The third kappa shape index (κ3) is 2.40. The Labute approximate surface area is 88.8 Å². The first-order valence-electron chi connectivity index (χ1n) is 5.18. The standard InChI is InChI=1S/C9H17N3OS/c13-9(8-7-14-6-3-11-8)12-4-1-10-2-5-12/h8,10-11H,1-7H2. The fourth-order valence-corrected chi connectivity index (χ4v) is 2.75. The summed E-state index contributed by atoms with van der Waals surface area (Å²) >= 11 is 1.87. The molecule has 4 nitrogen and oxygen atoms in total. The van der Waals surface area contributed by atoms with Crippen LogP contribution in [0.1, 0.15) is 0 Å². The van der Waals surface area contributed by atoms with Crippen molar-refractivity contribution in [1.82, 2.24) is 15.5 Å². The van der Waals surface area contributed by atoms with Crippen LogP contribution in [0.4, 0.5) is 0 Å². The van der Waals surface area contributed by atoms with E-state index in [0.717, 1.165) is 44.2 Å². The quantitative estimate of drug-likeness (QED) is 0.596. The highest BCUT2D eigenvalue weighted by Gasteiger charge is 2.26. The summed E-state index contributed by atoms with van der Waals surface area (Å²) in [6, 6.07) is 0.0619. The monoisotopic (exact) mass is 215 g/mol. The van der Waals surface area contributed by atoms with E-state index in [1.54, 1.807) is 0 Å². The average Bonchev–Trinajstić information content (AvgIpc) is 2.30. The van der Waals surface area contributed by atoms with Crippen LogP contribution >= 0.6 is 11.8 Å². The molecule has 2 heterocycles. The van der Waals surface area contributed by atoms with Crippen molar-refractivity contribution in [2.24, 2.45) is 0 Å². The summed E-state index contributed by atoms with van der Waals surface area (Å²) in [5.41, 5.74) is 0. The molecule has 0 saturated carbocycles. The second kappa shape index (κ2) is 5.00. The largest absolute Gasteiger partial charge is 0.339 e. The second-order valence-corrected chi connectivity index (χ2v) is 4.81. The summed E-state index contributed by atoms with van der Waals surface area (Å²) in [4.78, 5) is 13.9. The molecule has 1 amide bonds. The summed E-state index contributed by atoms with van der Waals surface area (Å²) in [6.45, 7) is 4.56. The van der Waals surface area contributed by atoms with Crippen LogP contribution in [0.25, 0.3) is 0 Å². The van der Waals surface area contributed by atoms with Crippen molar-refractivity contribution in [3.63, 3.8) is 0 Å². The van der Waals surface area contributed by atoms with Crippen LogP contribution in [0.15, 0.2) is 0 Å². The highest BCUT2D eigenvalue weighted by atomic mass is 32.2. The number of hydrogen-bond donors (Lipinski definition) is 2. The minimum Gasteiger partial charge on any atom is -0.339 e. The van der Waals surface area contributed by atoms with Gasteiger partial charge in [0.2, 0.25) is 5.91 Å². The van der Waals surface area contributed by atoms with E-state index in [9.17, 15) is 4.79 Å². The number of nitrogens with zero attached hydrogens (tertiary/aromatic N) is 1. The predicted octanol–water partition coefficient (Wildman–Crippen LogP) is -0.877. The SMILES string of the molecule is O=C(C1CSCCN1)N1CCNCC1. The second-order valence-electron chi connectivity index (χ2n) is 3.66. The molecule has 80 valence electrons. The van der Waals surface area contributed by atoms with Crippen molar-refractivity contribution in [3.05, 3.63) is 0 Å². The zero-order chi connectivity index (χ0) is 9.80. The fraction of sp³-hybridized carbons (Fsp3) is 0.889. The molecule has 2 rings (SSSR count). The van der Waals surface area contributed by atoms with Crippen LogP contribution in [-0.2, 0) is 4.79 Å². The van der Waals surface area contributed by atoms with Crippen LogP contribution in [0.3, 0.4) is 0 Å². The molecular weight excluding hydrogens is 198 g/mol. The minimum absolute atomic E-state index is 0.0619. The highest BCUT2D eigenvalue weighted by Crippen LogP contribution is 2.10. The Morgan fingerprint density at radius 3 is 2.71 bits per heavy atom. The number of nitrogens with one attached hydrogen (secondary N) is 2. The Balaban J connectivity index is 1.85. The maximum Gasteiger partial charge on any atom is 0.240 e. The van der Waals surface area contributed by atoms with Gasteiger partial charge in [0.05, 0.1) is 6.04 Å². The smallest absolute Gasteiger partial charge is 0.240 e. The van der Waals surface area contributed by atoms with Gasteiger partial charge in [-0.05, 0) is 0 Å². The van der Waals surface area contributed by atoms with Crippen molar-refractivity contribution >= 4 is 17.7 Å². The van der Waals surface area contributed by atoms with Crippen LogP contribution < -0.4 is 10.6 Å². The molecule has 2 saturated heterocycles. The molecule has 0 aromatic heterocycles. The van der Waals surface area contributed by atoms with Gasteiger partial charge in [-0.15, -0.1) is 0 Å². The lowest BCUT2D eigenvalue weighted by Crippen LogP contribution is -2.55. The lowest BCUT2D eigenvalue weighted by molar-refractivity contribution is -0.133. The molecule has 1 unspecified atom stereocenters. The maximum absolute atomic E-state index is 12.0. The van der Waals surface area contributed by atoms with E-state index in [2.05, 4.69) is 10.6 Å². The van der Waals surface area contributed by atoms with E-state index in [4.69, 9.17) is 0 Å². The zero-order valence-corrected chi connectivity index (χ0v) is 9.11. The molecule has 0 bridgehead atoms. The lowest BCUT2D eigenvalue weighted by atomic mass is 10.2. The predicted molar refractivity (Wildman–Crippen MR) is 58.6 cm³/mol. The Morgan fingerprint density at radius 2 is 2.07 bits per heavy atom. The summed E-state index contributed by atoms with van der Waals surface area (Å²) < 4.78 is 0. The van der Waals surface area contributed by atoms with Crippen molar-refractivity contribution in [3.8, 4) is 0 Å². The number of hydrogen-bond acceptors (Lipinski definition) is 4. The van der Waals surface area contributed by atoms with E-state index < -0.39 is 0 Å². The van der Waals surface area contributed by atoms with E-state index in [-0.39, 0.29) is 6.04 Å². The molecule has 5 heteroatoms. The number of carbonyl (C=O) groups is 1. The first kappa shape index (κ1) is 10.3. The molecule has 2 aliphatic heterocycles. The summed E-state index contributed by atoms with van der Waals surface area (Å²) in [5.74, 6) is 2.35. The van der Waals surface area contributed by atoms with Gasteiger partial charge in [-0.3, -0.25) is 4.79 Å². The van der Waals surface area contributed by atoms with Crippen LogP contribution in [0.5, 0.6) is 0 Å². The molecule has 0 aliphatic carbocycles. The van der Waals surface area contributed by atoms with Gasteiger partial charge in [0.1, 0.15) is 0 Å². The molecule has 0 aromatic carbocycles. The number of carbonyl (C=O) groups excluding carboxylic acids is 1. The summed E-state index contributed by atoms with van der Waals surface area (Å²) in [6.07, 6.45) is 0. The van der Waals surface area contributed by atoms with E-state index >= 15 is 0 Å². The van der Waals surface area contributed by atoms with Gasteiger partial charge in [-0.25, -0.2) is 0 Å². The number of thioether (sulfide) groups is 1. The van der Waals surface area contributed by atoms with Crippen LogP contribution in [-0.4, -0.2) is 61.1 Å². The molecular formula is C9H17N3OS. The Bertz CT molecular complexity index is 180. The van der Waals surface area contributed by atoms with Crippen molar-refractivity contribution in [2.45, 2.75) is 6.04 Å². The molecule has 14 heavy (non-hydrogen) atoms. The third-order valence-corrected chi connectivity index (χ3v) is 3.71. The molecule has 0 aromatic rings. The molecule has 0 spiro atoms. The highest BCUT2D eigenvalue weighted by molar-refractivity contribution is 7.99. The number of piperazine rings is 1. The van der Waals surface area contributed by atoms with Crippen LogP contribution in [0.2, 0.25) is 0 Å². The Kier molecular flexibility index (Phi) is 3.67. The molecule has 2 aliphatic rings. The number of rotatable bonds is 1. The van der Waals surface area contributed by atoms with Crippen molar-refractivity contribution in [1.29, 1.82) is 0 Å². The maximum atomic E-state index is 12.0. The van der Waals surface area contributed by atoms with Crippen LogP contribution in [0, 0.1) is 0 Å². The fourth-order valence-electron chi connectivity index (χ4n) is 1.83. The molecule has 2 fully saturated rings.